The first-order chi connectivity index (χ1) is 8.31. The Hall–Kier alpha value is -0.350. The molecule has 0 unspecified atom stereocenters. The maximum absolute atomic E-state index is 5.89. The number of hydrogen-bond donors (Lipinski definition) is 1. The van der Waals surface area contributed by atoms with Crippen molar-refractivity contribution in [2.24, 2.45) is 0 Å². The van der Waals surface area contributed by atoms with Crippen molar-refractivity contribution in [2.75, 3.05) is 0 Å². The fraction of sp³-hybridized carbons (Fsp3) is 0.385. The van der Waals surface area contributed by atoms with Gasteiger partial charge in [-0.1, -0.05) is 11.6 Å². The van der Waals surface area contributed by atoms with Gasteiger partial charge < -0.3 is 5.32 Å². The monoisotopic (exact) mass is 283 g/mol. The lowest BCUT2D eigenvalue weighted by Gasteiger charge is -2.00. The van der Waals surface area contributed by atoms with Crippen LogP contribution in [-0.2, 0) is 25.9 Å². The number of hydrogen-bond acceptors (Lipinski definition) is 3. The summed E-state index contributed by atoms with van der Waals surface area (Å²) in [7, 11) is 0. The molecule has 0 aromatic carbocycles. The van der Waals surface area contributed by atoms with Gasteiger partial charge in [-0.25, -0.2) is 0 Å². The normalized spacial score (nSPS) is 14.2. The molecule has 17 heavy (non-hydrogen) atoms. The zero-order valence-corrected chi connectivity index (χ0v) is 11.9. The fourth-order valence-corrected chi connectivity index (χ4v) is 4.51. The summed E-state index contributed by atoms with van der Waals surface area (Å²) in [6, 6.07) is 4.41. The van der Waals surface area contributed by atoms with Gasteiger partial charge in [0.15, 0.2) is 0 Å². The van der Waals surface area contributed by atoms with E-state index in [4.69, 9.17) is 11.6 Å². The Balaban J connectivity index is 1.54. The van der Waals surface area contributed by atoms with Crippen LogP contribution >= 0.6 is 34.3 Å². The molecule has 1 N–H and O–H groups in total. The van der Waals surface area contributed by atoms with E-state index >= 15 is 0 Å². The predicted molar refractivity (Wildman–Crippen MR) is 76.2 cm³/mol. The Morgan fingerprint density at radius 3 is 2.82 bits per heavy atom. The number of halogens is 1. The Bertz CT molecular complexity index is 494. The minimum absolute atomic E-state index is 0.849. The maximum atomic E-state index is 5.89. The number of fused-ring (bicyclic) bond motifs is 1. The van der Waals surface area contributed by atoms with E-state index in [1.54, 1.807) is 21.8 Å². The van der Waals surface area contributed by atoms with Crippen LogP contribution in [0.3, 0.4) is 0 Å². The van der Waals surface area contributed by atoms with Crippen LogP contribution in [0.2, 0.25) is 5.02 Å². The quantitative estimate of drug-likeness (QED) is 0.885. The molecule has 1 aliphatic rings. The van der Waals surface area contributed by atoms with E-state index in [0.717, 1.165) is 18.1 Å². The number of nitrogens with one attached hydrogen (secondary N) is 1. The van der Waals surface area contributed by atoms with E-state index in [-0.39, 0.29) is 0 Å². The Morgan fingerprint density at radius 2 is 2.06 bits per heavy atom. The smallest absolute Gasteiger partial charge is 0.0516 e. The second kappa shape index (κ2) is 5.11. The van der Waals surface area contributed by atoms with Gasteiger partial charge >= 0.3 is 0 Å². The lowest BCUT2D eigenvalue weighted by atomic mass is 10.2. The molecule has 0 saturated heterocycles. The first kappa shape index (κ1) is 11.7. The summed E-state index contributed by atoms with van der Waals surface area (Å²) < 4.78 is 0. The molecule has 0 atom stereocenters. The molecular formula is C13H14ClNS2. The first-order valence-corrected chi connectivity index (χ1v) is 7.93. The molecule has 0 spiro atoms. The molecule has 2 heterocycles. The third-order valence-corrected chi connectivity index (χ3v) is 5.54. The molecular weight excluding hydrogens is 270 g/mol. The number of aryl methyl sites for hydroxylation is 2. The van der Waals surface area contributed by atoms with Crippen molar-refractivity contribution >= 4 is 34.3 Å². The Labute approximate surface area is 114 Å². The van der Waals surface area contributed by atoms with Gasteiger partial charge in [-0.2, -0.15) is 0 Å². The highest BCUT2D eigenvalue weighted by Crippen LogP contribution is 2.30. The summed E-state index contributed by atoms with van der Waals surface area (Å²) >= 11 is 9.59. The Kier molecular flexibility index (Phi) is 3.52. The van der Waals surface area contributed by atoms with Crippen molar-refractivity contribution in [3.8, 4) is 0 Å². The summed E-state index contributed by atoms with van der Waals surface area (Å²) in [5.41, 5.74) is 1.59. The average Bonchev–Trinajstić information content (AvgIpc) is 2.94. The molecule has 1 aliphatic carbocycles. The highest BCUT2D eigenvalue weighted by atomic mass is 35.5. The predicted octanol–water partition coefficient (Wildman–Crippen LogP) is 4.24. The van der Waals surface area contributed by atoms with Gasteiger partial charge in [0.2, 0.25) is 0 Å². The van der Waals surface area contributed by atoms with Crippen molar-refractivity contribution in [3.05, 3.63) is 42.7 Å². The zero-order chi connectivity index (χ0) is 11.7. The minimum Gasteiger partial charge on any atom is -0.307 e. The molecule has 0 radical (unpaired) electrons. The lowest BCUT2D eigenvalue weighted by molar-refractivity contribution is 0.708. The van der Waals surface area contributed by atoms with Crippen molar-refractivity contribution < 1.29 is 0 Å². The number of rotatable bonds is 4. The van der Waals surface area contributed by atoms with Gasteiger partial charge in [0.05, 0.1) is 5.02 Å². The molecule has 0 amide bonds. The van der Waals surface area contributed by atoms with Gasteiger partial charge in [0, 0.05) is 33.1 Å². The molecule has 90 valence electrons. The van der Waals surface area contributed by atoms with Crippen molar-refractivity contribution in [2.45, 2.75) is 32.4 Å². The van der Waals surface area contributed by atoms with Crippen LogP contribution < -0.4 is 5.32 Å². The topological polar surface area (TPSA) is 12.0 Å². The lowest BCUT2D eigenvalue weighted by Crippen LogP contribution is -2.10. The second-order valence-electron chi connectivity index (χ2n) is 4.35. The molecule has 3 rings (SSSR count). The summed E-state index contributed by atoms with van der Waals surface area (Å²) in [5, 5.41) is 6.32. The van der Waals surface area contributed by atoms with E-state index < -0.39 is 0 Å². The van der Waals surface area contributed by atoms with Gasteiger partial charge in [-0.05, 0) is 37.0 Å². The van der Waals surface area contributed by atoms with Crippen LogP contribution in [0.25, 0.3) is 0 Å². The maximum Gasteiger partial charge on any atom is 0.0516 e. The fourth-order valence-electron chi connectivity index (χ4n) is 2.23. The van der Waals surface area contributed by atoms with Crippen LogP contribution in [0.5, 0.6) is 0 Å². The first-order valence-electron chi connectivity index (χ1n) is 5.85. The molecule has 0 fully saturated rings. The Morgan fingerprint density at radius 1 is 1.18 bits per heavy atom. The molecule has 0 bridgehead atoms. The standard InChI is InChI=1S/C13H14ClNS2/c14-10-5-11(16-8-10)6-15-7-12-4-9-2-1-3-13(9)17-12/h4-5,8,15H,1-3,6-7H2. The third kappa shape index (κ3) is 2.74. The van der Waals surface area contributed by atoms with Crippen molar-refractivity contribution in [1.82, 2.24) is 5.32 Å². The van der Waals surface area contributed by atoms with Crippen LogP contribution in [0.4, 0.5) is 0 Å². The molecule has 0 saturated carbocycles. The molecule has 1 nitrogen and oxygen atoms in total. The molecule has 2 aromatic rings. The molecule has 0 aliphatic heterocycles. The highest BCUT2D eigenvalue weighted by molar-refractivity contribution is 7.12. The summed E-state index contributed by atoms with van der Waals surface area (Å²) in [5.74, 6) is 0. The van der Waals surface area contributed by atoms with Crippen LogP contribution in [0.1, 0.15) is 26.6 Å². The van der Waals surface area contributed by atoms with E-state index in [1.807, 2.05) is 22.8 Å². The van der Waals surface area contributed by atoms with E-state index in [2.05, 4.69) is 11.4 Å². The summed E-state index contributed by atoms with van der Waals surface area (Å²) in [4.78, 5) is 4.39. The van der Waals surface area contributed by atoms with Crippen LogP contribution in [-0.4, -0.2) is 0 Å². The number of thiophene rings is 2. The van der Waals surface area contributed by atoms with E-state index in [0.29, 0.717) is 0 Å². The minimum atomic E-state index is 0.849. The highest BCUT2D eigenvalue weighted by Gasteiger charge is 2.14. The third-order valence-electron chi connectivity index (χ3n) is 3.02. The summed E-state index contributed by atoms with van der Waals surface area (Å²) in [6.07, 6.45) is 3.93. The van der Waals surface area contributed by atoms with Crippen LogP contribution in [0, 0.1) is 0 Å². The second-order valence-corrected chi connectivity index (χ2v) is 7.00. The zero-order valence-electron chi connectivity index (χ0n) is 9.46. The van der Waals surface area contributed by atoms with Crippen LogP contribution in [0.15, 0.2) is 17.5 Å². The molecule has 4 heteroatoms. The van der Waals surface area contributed by atoms with Gasteiger partial charge in [0.25, 0.3) is 0 Å². The van der Waals surface area contributed by atoms with E-state index in [1.165, 1.54) is 29.0 Å². The summed E-state index contributed by atoms with van der Waals surface area (Å²) in [6.45, 7) is 1.90. The van der Waals surface area contributed by atoms with E-state index in [9.17, 15) is 0 Å². The van der Waals surface area contributed by atoms with Gasteiger partial charge in [0.1, 0.15) is 0 Å². The largest absolute Gasteiger partial charge is 0.307 e. The average molecular weight is 284 g/mol. The van der Waals surface area contributed by atoms with Gasteiger partial charge in [-0.15, -0.1) is 22.7 Å². The molecule has 2 aromatic heterocycles. The van der Waals surface area contributed by atoms with Crippen molar-refractivity contribution in [1.29, 1.82) is 0 Å². The van der Waals surface area contributed by atoms with Gasteiger partial charge in [-0.3, -0.25) is 0 Å². The SMILES string of the molecule is Clc1csc(CNCc2cc3c(s2)CCC3)c1. The van der Waals surface area contributed by atoms with Crippen molar-refractivity contribution in [3.63, 3.8) is 0 Å².